The Morgan fingerprint density at radius 1 is 0.868 bits per heavy atom. The normalized spacial score (nSPS) is 22.0. The first kappa shape index (κ1) is 26.2. The Balaban J connectivity index is 1.43. The number of methoxy groups -OCH3 is 2. The minimum Gasteiger partial charge on any atom is -0.508 e. The summed E-state index contributed by atoms with van der Waals surface area (Å²) in [5.41, 5.74) is 3.87. The summed E-state index contributed by atoms with van der Waals surface area (Å²) in [7, 11) is 3.15. The van der Waals surface area contributed by atoms with Gasteiger partial charge in [0.1, 0.15) is 28.7 Å². The number of aliphatic hydroxyl groups is 3. The second-order valence-electron chi connectivity index (χ2n) is 9.92. The van der Waals surface area contributed by atoms with Crippen LogP contribution in [0.25, 0.3) is 0 Å². The van der Waals surface area contributed by atoms with E-state index in [4.69, 9.17) is 18.9 Å². The lowest BCUT2D eigenvalue weighted by Gasteiger charge is -2.40. The summed E-state index contributed by atoms with van der Waals surface area (Å²) in [5, 5.41) is 42.1. The Bertz CT molecular complexity index is 1290. The van der Waals surface area contributed by atoms with Crippen LogP contribution in [0.3, 0.4) is 0 Å². The molecule has 4 atom stereocenters. The second kappa shape index (κ2) is 11.1. The molecular weight excluding hydrogens is 488 g/mol. The third kappa shape index (κ3) is 4.99. The predicted molar refractivity (Wildman–Crippen MR) is 140 cm³/mol. The smallest absolute Gasteiger partial charge is 0.128 e. The molecule has 0 unspecified atom stereocenters. The molecule has 3 aromatic carbocycles. The molecule has 3 aromatic rings. The summed E-state index contributed by atoms with van der Waals surface area (Å²) in [5.74, 6) is 1.75. The number of aromatic hydroxyl groups is 1. The standard InChI is InChI=1S/C30H34O8/c1-35-21-11-19(9-17-5-3-7-20(32)10-17)30-23(13-21)29(34)25(16-38-30)24-15-37-27-12-18(6-4-8-31)26(36-2)14-22(27)28(24)33/h3,5,7,10-14,24-25,28-29,31-34H,4,6,8-9,15-16H2,1-2H3/t24-,25-,28+,29-/m1/s1. The van der Waals surface area contributed by atoms with Crippen LogP contribution in [0.15, 0.2) is 48.5 Å². The van der Waals surface area contributed by atoms with Crippen molar-refractivity contribution in [3.8, 4) is 28.7 Å². The number of fused-ring (bicyclic) bond motifs is 2. The lowest BCUT2D eigenvalue weighted by atomic mass is 9.77. The van der Waals surface area contributed by atoms with Gasteiger partial charge in [0, 0.05) is 41.6 Å². The number of aryl methyl sites for hydroxylation is 1. The number of hydrogen-bond donors (Lipinski definition) is 4. The summed E-state index contributed by atoms with van der Waals surface area (Å²) < 4.78 is 23.4. The molecule has 5 rings (SSSR count). The maximum absolute atomic E-state index is 11.5. The Morgan fingerprint density at radius 2 is 1.63 bits per heavy atom. The highest BCUT2D eigenvalue weighted by Crippen LogP contribution is 2.49. The number of phenolic OH excluding ortho intramolecular Hbond substituents is 1. The molecule has 0 spiro atoms. The van der Waals surface area contributed by atoms with Crippen molar-refractivity contribution in [2.45, 2.75) is 31.5 Å². The van der Waals surface area contributed by atoms with E-state index in [1.54, 1.807) is 44.6 Å². The van der Waals surface area contributed by atoms with Crippen LogP contribution in [-0.4, -0.2) is 54.5 Å². The van der Waals surface area contributed by atoms with E-state index in [1.807, 2.05) is 18.2 Å². The molecule has 0 fully saturated rings. The minimum absolute atomic E-state index is 0.0765. The fourth-order valence-corrected chi connectivity index (χ4v) is 5.57. The van der Waals surface area contributed by atoms with Crippen molar-refractivity contribution in [2.75, 3.05) is 34.0 Å². The molecule has 38 heavy (non-hydrogen) atoms. The molecule has 0 saturated carbocycles. The zero-order valence-corrected chi connectivity index (χ0v) is 21.6. The average molecular weight is 523 g/mol. The zero-order valence-electron chi connectivity index (χ0n) is 21.6. The molecule has 2 aliphatic heterocycles. The highest BCUT2D eigenvalue weighted by molar-refractivity contribution is 5.52. The quantitative estimate of drug-likeness (QED) is 0.354. The summed E-state index contributed by atoms with van der Waals surface area (Å²) in [4.78, 5) is 0. The van der Waals surface area contributed by atoms with Crippen molar-refractivity contribution in [2.24, 2.45) is 11.8 Å². The number of rotatable bonds is 8. The van der Waals surface area contributed by atoms with Crippen molar-refractivity contribution in [1.82, 2.24) is 0 Å². The van der Waals surface area contributed by atoms with Gasteiger partial charge in [-0.3, -0.25) is 0 Å². The SMILES string of the molecule is COc1cc(Cc2cccc(O)c2)c2c(c1)[C@@H](O)[C@@H]([C@H]1COc3cc(CCCO)c(OC)cc3[C@@H]1O)CO2. The molecule has 202 valence electrons. The van der Waals surface area contributed by atoms with Crippen LogP contribution in [0.5, 0.6) is 28.7 Å². The Hall–Kier alpha value is -3.46. The Morgan fingerprint density at radius 3 is 2.34 bits per heavy atom. The number of aliphatic hydroxyl groups excluding tert-OH is 3. The van der Waals surface area contributed by atoms with Gasteiger partial charge in [-0.2, -0.15) is 0 Å². The first-order valence-corrected chi connectivity index (χ1v) is 12.9. The van der Waals surface area contributed by atoms with Gasteiger partial charge < -0.3 is 39.4 Å². The van der Waals surface area contributed by atoms with E-state index in [-0.39, 0.29) is 25.6 Å². The van der Waals surface area contributed by atoms with Crippen LogP contribution in [-0.2, 0) is 12.8 Å². The lowest BCUT2D eigenvalue weighted by molar-refractivity contribution is -0.0554. The van der Waals surface area contributed by atoms with E-state index < -0.39 is 24.0 Å². The fraction of sp³-hybridized carbons (Fsp3) is 0.400. The molecule has 4 N–H and O–H groups in total. The van der Waals surface area contributed by atoms with Gasteiger partial charge in [-0.05, 0) is 60.4 Å². The summed E-state index contributed by atoms with van der Waals surface area (Å²) in [6, 6.07) is 14.3. The van der Waals surface area contributed by atoms with Crippen LogP contribution >= 0.6 is 0 Å². The van der Waals surface area contributed by atoms with Crippen molar-refractivity contribution >= 4 is 0 Å². The Kier molecular flexibility index (Phi) is 7.65. The van der Waals surface area contributed by atoms with E-state index >= 15 is 0 Å². The number of ether oxygens (including phenoxy) is 4. The minimum atomic E-state index is -0.910. The second-order valence-corrected chi connectivity index (χ2v) is 9.92. The maximum Gasteiger partial charge on any atom is 0.128 e. The molecule has 8 heteroatoms. The van der Waals surface area contributed by atoms with Gasteiger partial charge in [0.15, 0.2) is 0 Å². The van der Waals surface area contributed by atoms with Gasteiger partial charge in [0.2, 0.25) is 0 Å². The van der Waals surface area contributed by atoms with E-state index in [1.165, 1.54) is 0 Å². The zero-order chi connectivity index (χ0) is 26.8. The average Bonchev–Trinajstić information content (AvgIpc) is 2.92. The summed E-state index contributed by atoms with van der Waals surface area (Å²) in [6.07, 6.45) is -0.0720. The van der Waals surface area contributed by atoms with Gasteiger partial charge >= 0.3 is 0 Å². The van der Waals surface area contributed by atoms with E-state index in [2.05, 4.69) is 0 Å². The third-order valence-electron chi connectivity index (χ3n) is 7.58. The molecule has 2 aliphatic rings. The van der Waals surface area contributed by atoms with Crippen LogP contribution in [0.4, 0.5) is 0 Å². The van der Waals surface area contributed by atoms with Crippen molar-refractivity contribution in [3.05, 3.63) is 76.3 Å². The largest absolute Gasteiger partial charge is 0.508 e. The topological polar surface area (TPSA) is 118 Å². The molecule has 2 heterocycles. The van der Waals surface area contributed by atoms with E-state index in [9.17, 15) is 20.4 Å². The monoisotopic (exact) mass is 522 g/mol. The van der Waals surface area contributed by atoms with Crippen molar-refractivity contribution < 1.29 is 39.4 Å². The van der Waals surface area contributed by atoms with Crippen LogP contribution in [0.2, 0.25) is 0 Å². The molecule has 8 nitrogen and oxygen atoms in total. The number of phenols is 1. The van der Waals surface area contributed by atoms with Crippen LogP contribution < -0.4 is 18.9 Å². The van der Waals surface area contributed by atoms with Gasteiger partial charge in [0.25, 0.3) is 0 Å². The lowest BCUT2D eigenvalue weighted by Crippen LogP contribution is -2.40. The van der Waals surface area contributed by atoms with Gasteiger partial charge in [-0.1, -0.05) is 12.1 Å². The van der Waals surface area contributed by atoms with Gasteiger partial charge in [0.05, 0.1) is 39.6 Å². The molecular formula is C30H34O8. The number of hydrogen-bond acceptors (Lipinski definition) is 8. The summed E-state index contributed by atoms with van der Waals surface area (Å²) in [6.45, 7) is 0.507. The summed E-state index contributed by atoms with van der Waals surface area (Å²) >= 11 is 0. The van der Waals surface area contributed by atoms with E-state index in [0.29, 0.717) is 53.4 Å². The highest BCUT2D eigenvalue weighted by atomic mass is 16.5. The fourth-order valence-electron chi connectivity index (χ4n) is 5.57. The third-order valence-corrected chi connectivity index (χ3v) is 7.58. The molecule has 0 aromatic heterocycles. The molecule has 0 radical (unpaired) electrons. The molecule has 0 saturated heterocycles. The van der Waals surface area contributed by atoms with E-state index in [0.717, 1.165) is 16.7 Å². The molecule has 0 aliphatic carbocycles. The molecule has 0 amide bonds. The van der Waals surface area contributed by atoms with Crippen molar-refractivity contribution in [1.29, 1.82) is 0 Å². The van der Waals surface area contributed by atoms with Gasteiger partial charge in [-0.25, -0.2) is 0 Å². The van der Waals surface area contributed by atoms with Gasteiger partial charge in [-0.15, -0.1) is 0 Å². The van der Waals surface area contributed by atoms with Crippen LogP contribution in [0, 0.1) is 11.8 Å². The predicted octanol–water partition coefficient (Wildman–Crippen LogP) is 3.71. The molecule has 0 bridgehead atoms. The Labute approximate surface area is 222 Å². The van der Waals surface area contributed by atoms with Crippen LogP contribution in [0.1, 0.15) is 46.4 Å². The first-order valence-electron chi connectivity index (χ1n) is 12.9. The van der Waals surface area contributed by atoms with Crippen molar-refractivity contribution in [3.63, 3.8) is 0 Å². The first-order chi connectivity index (χ1) is 18.4. The highest BCUT2D eigenvalue weighted by Gasteiger charge is 2.43. The number of benzene rings is 3. The maximum atomic E-state index is 11.5.